The third kappa shape index (κ3) is 9.98. The van der Waals surface area contributed by atoms with E-state index in [2.05, 4.69) is 59.4 Å². The van der Waals surface area contributed by atoms with Crippen LogP contribution in [0.1, 0.15) is 89.2 Å². The Bertz CT molecular complexity index is 745. The highest BCUT2D eigenvalue weighted by Gasteiger charge is 2.00. The van der Waals surface area contributed by atoms with Gasteiger partial charge in [0.25, 0.3) is 0 Å². The van der Waals surface area contributed by atoms with Crippen LogP contribution in [0.3, 0.4) is 0 Å². The Balaban J connectivity index is 1.76. The molecule has 0 bridgehead atoms. The second-order valence-corrected chi connectivity index (χ2v) is 8.10. The molecule has 0 aliphatic rings. The number of aliphatic hydroxyl groups excluding tert-OH is 1. The first-order chi connectivity index (χ1) is 14.7. The minimum absolute atomic E-state index is 0.219. The Morgan fingerprint density at radius 3 is 2.07 bits per heavy atom. The molecule has 2 aromatic rings. The predicted octanol–water partition coefficient (Wildman–Crippen LogP) is 7.47. The summed E-state index contributed by atoms with van der Waals surface area (Å²) in [6, 6.07) is 8.44. The third-order valence-electron chi connectivity index (χ3n) is 5.18. The monoisotopic (exact) mass is 406 g/mol. The molecule has 1 aromatic heterocycles. The molecule has 0 saturated carbocycles. The fourth-order valence-electron chi connectivity index (χ4n) is 3.33. The summed E-state index contributed by atoms with van der Waals surface area (Å²) in [6.07, 6.45) is 24.2. The topological polar surface area (TPSA) is 46.0 Å². The maximum Gasteiger partial charge on any atom is 0.159 e. The van der Waals surface area contributed by atoms with Gasteiger partial charge in [0.05, 0.1) is 6.10 Å². The number of rotatable bonds is 14. The summed E-state index contributed by atoms with van der Waals surface area (Å²) in [6.45, 7) is 4.09. The fourth-order valence-corrected chi connectivity index (χ4v) is 3.33. The molecule has 0 radical (unpaired) electrons. The molecule has 0 aliphatic heterocycles. The van der Waals surface area contributed by atoms with Gasteiger partial charge < -0.3 is 5.11 Å². The van der Waals surface area contributed by atoms with Crippen molar-refractivity contribution in [3.05, 3.63) is 59.9 Å². The Morgan fingerprint density at radius 2 is 1.40 bits per heavy atom. The predicted molar refractivity (Wildman–Crippen MR) is 129 cm³/mol. The van der Waals surface area contributed by atoms with Gasteiger partial charge in [-0.1, -0.05) is 87.6 Å². The van der Waals surface area contributed by atoms with Crippen molar-refractivity contribution >= 4 is 12.2 Å². The summed E-state index contributed by atoms with van der Waals surface area (Å²) in [5.74, 6) is 0.754. The number of aromatic nitrogens is 2. The van der Waals surface area contributed by atoms with E-state index in [0.29, 0.717) is 0 Å². The maximum atomic E-state index is 9.27. The van der Waals surface area contributed by atoms with Crippen molar-refractivity contribution < 1.29 is 5.11 Å². The number of nitrogens with zero attached hydrogens (tertiary/aromatic N) is 2. The number of hydrogen-bond donors (Lipinski definition) is 1. The van der Waals surface area contributed by atoms with Crippen molar-refractivity contribution in [3.63, 3.8) is 0 Å². The molecule has 2 rings (SSSR count). The van der Waals surface area contributed by atoms with Gasteiger partial charge in [-0.25, -0.2) is 9.97 Å². The number of aliphatic hydroxyl groups is 1. The van der Waals surface area contributed by atoms with Crippen molar-refractivity contribution in [1.29, 1.82) is 0 Å². The Morgan fingerprint density at radius 1 is 0.800 bits per heavy atom. The summed E-state index contributed by atoms with van der Waals surface area (Å²) >= 11 is 0. The van der Waals surface area contributed by atoms with Gasteiger partial charge in [0.15, 0.2) is 5.82 Å². The molecule has 0 aliphatic carbocycles. The van der Waals surface area contributed by atoms with Crippen LogP contribution in [-0.2, 0) is 0 Å². The second-order valence-electron chi connectivity index (χ2n) is 8.10. The highest BCUT2D eigenvalue weighted by molar-refractivity contribution is 5.60. The molecule has 1 aromatic carbocycles. The average Bonchev–Trinajstić information content (AvgIpc) is 2.76. The van der Waals surface area contributed by atoms with E-state index in [9.17, 15) is 5.11 Å². The molecule has 30 heavy (non-hydrogen) atoms. The number of unbranched alkanes of at least 4 members (excludes halogenated alkanes) is 7. The van der Waals surface area contributed by atoms with E-state index in [1.165, 1.54) is 44.1 Å². The molecule has 0 saturated heterocycles. The van der Waals surface area contributed by atoms with Crippen LogP contribution in [0.2, 0.25) is 0 Å². The molecule has 1 heterocycles. The van der Waals surface area contributed by atoms with E-state index in [4.69, 9.17) is 0 Å². The molecule has 3 nitrogen and oxygen atoms in total. The summed E-state index contributed by atoms with van der Waals surface area (Å²) in [7, 11) is 0. The third-order valence-corrected chi connectivity index (χ3v) is 5.18. The summed E-state index contributed by atoms with van der Waals surface area (Å²) < 4.78 is 0. The first kappa shape index (κ1) is 24.0. The minimum Gasteiger partial charge on any atom is -0.393 e. The molecular formula is C27H38N2O. The van der Waals surface area contributed by atoms with Crippen LogP contribution in [0.25, 0.3) is 23.5 Å². The van der Waals surface area contributed by atoms with E-state index in [-0.39, 0.29) is 6.10 Å². The zero-order valence-electron chi connectivity index (χ0n) is 18.8. The second kappa shape index (κ2) is 14.7. The van der Waals surface area contributed by atoms with E-state index in [1.807, 2.05) is 25.4 Å². The van der Waals surface area contributed by atoms with Crippen molar-refractivity contribution in [2.24, 2.45) is 0 Å². The summed E-state index contributed by atoms with van der Waals surface area (Å²) in [4.78, 5) is 9.00. The van der Waals surface area contributed by atoms with Gasteiger partial charge in [-0.15, -0.1) is 0 Å². The highest BCUT2D eigenvalue weighted by Crippen LogP contribution is 2.17. The smallest absolute Gasteiger partial charge is 0.159 e. The van der Waals surface area contributed by atoms with E-state index < -0.39 is 0 Å². The molecule has 1 N–H and O–H groups in total. The van der Waals surface area contributed by atoms with Gasteiger partial charge in [-0.3, -0.25) is 0 Å². The Hall–Kier alpha value is -2.26. The Kier molecular flexibility index (Phi) is 11.8. The summed E-state index contributed by atoms with van der Waals surface area (Å²) in [5.41, 5.74) is 3.27. The molecule has 1 unspecified atom stereocenters. The lowest BCUT2D eigenvalue weighted by atomic mass is 10.1. The fraction of sp³-hybridized carbons (Fsp3) is 0.481. The van der Waals surface area contributed by atoms with E-state index in [0.717, 1.165) is 42.6 Å². The van der Waals surface area contributed by atoms with Crippen molar-refractivity contribution in [2.45, 2.75) is 84.2 Å². The van der Waals surface area contributed by atoms with Crippen LogP contribution < -0.4 is 0 Å². The van der Waals surface area contributed by atoms with Crippen LogP contribution in [0.5, 0.6) is 0 Å². The lowest BCUT2D eigenvalue weighted by molar-refractivity contribution is 0.182. The van der Waals surface area contributed by atoms with Crippen molar-refractivity contribution in [2.75, 3.05) is 0 Å². The Labute approximate surface area is 183 Å². The SMILES string of the molecule is CCCCCCCCC=Cc1ccc(-c2ncc(C=CCCCC(C)O)cn2)cc1. The first-order valence-corrected chi connectivity index (χ1v) is 11.6. The molecule has 1 atom stereocenters. The minimum atomic E-state index is -0.219. The normalized spacial score (nSPS) is 12.8. The van der Waals surface area contributed by atoms with Crippen LogP contribution in [0.4, 0.5) is 0 Å². The lowest BCUT2D eigenvalue weighted by Gasteiger charge is -2.02. The van der Waals surface area contributed by atoms with Crippen LogP contribution >= 0.6 is 0 Å². The lowest BCUT2D eigenvalue weighted by Crippen LogP contribution is -1.97. The number of allylic oxidation sites excluding steroid dienone is 2. The van der Waals surface area contributed by atoms with Gasteiger partial charge in [-0.05, 0) is 44.6 Å². The van der Waals surface area contributed by atoms with Gasteiger partial charge in [-0.2, -0.15) is 0 Å². The molecule has 3 heteroatoms. The van der Waals surface area contributed by atoms with Crippen LogP contribution in [0.15, 0.2) is 48.8 Å². The molecule has 0 fully saturated rings. The summed E-state index contributed by atoms with van der Waals surface area (Å²) in [5, 5.41) is 9.27. The standard InChI is InChI=1S/C27H38N2O/c1-3-4-5-6-7-8-9-12-15-24-17-19-26(20-18-24)27-28-21-25(22-29-27)16-13-10-11-14-23(2)30/h12-13,15-23,30H,3-11,14H2,1-2H3. The van der Waals surface area contributed by atoms with Crippen molar-refractivity contribution in [1.82, 2.24) is 9.97 Å². The molecule has 0 spiro atoms. The van der Waals surface area contributed by atoms with Gasteiger partial charge in [0.1, 0.15) is 0 Å². The van der Waals surface area contributed by atoms with Gasteiger partial charge in [0, 0.05) is 23.5 Å². The van der Waals surface area contributed by atoms with Crippen LogP contribution in [-0.4, -0.2) is 21.2 Å². The molecule has 162 valence electrons. The molecule has 0 amide bonds. The molecular weight excluding hydrogens is 368 g/mol. The zero-order valence-corrected chi connectivity index (χ0v) is 18.8. The largest absolute Gasteiger partial charge is 0.393 e. The van der Waals surface area contributed by atoms with E-state index >= 15 is 0 Å². The maximum absolute atomic E-state index is 9.27. The van der Waals surface area contributed by atoms with Crippen LogP contribution in [0, 0.1) is 0 Å². The number of hydrogen-bond acceptors (Lipinski definition) is 3. The zero-order chi connectivity index (χ0) is 21.4. The highest BCUT2D eigenvalue weighted by atomic mass is 16.3. The van der Waals surface area contributed by atoms with Crippen molar-refractivity contribution in [3.8, 4) is 11.4 Å². The number of benzene rings is 1. The van der Waals surface area contributed by atoms with Gasteiger partial charge in [0.2, 0.25) is 0 Å². The quantitative estimate of drug-likeness (QED) is 0.331. The van der Waals surface area contributed by atoms with E-state index in [1.54, 1.807) is 0 Å². The average molecular weight is 407 g/mol. The van der Waals surface area contributed by atoms with Gasteiger partial charge >= 0.3 is 0 Å². The first-order valence-electron chi connectivity index (χ1n) is 11.6.